The third-order valence-corrected chi connectivity index (χ3v) is 5.30. The van der Waals surface area contributed by atoms with Crippen molar-refractivity contribution in [2.75, 3.05) is 13.1 Å². The van der Waals surface area contributed by atoms with Crippen LogP contribution in [0.3, 0.4) is 0 Å². The molecule has 0 bridgehead atoms. The Morgan fingerprint density at radius 3 is 3.00 bits per heavy atom. The van der Waals surface area contributed by atoms with Crippen LogP contribution in [0.1, 0.15) is 0 Å². The maximum Gasteiger partial charge on any atom is 0.128 e. The van der Waals surface area contributed by atoms with Crippen LogP contribution in [-0.2, 0) is 0 Å². The minimum Gasteiger partial charge on any atom is -0.307 e. The summed E-state index contributed by atoms with van der Waals surface area (Å²) in [5.74, 6) is 0. The van der Waals surface area contributed by atoms with Gasteiger partial charge in [-0.05, 0) is 11.5 Å². The lowest BCUT2D eigenvalue weighted by atomic mass is 10.6. The second-order valence-electron chi connectivity index (χ2n) is 2.64. The number of hydrogen-bond acceptors (Lipinski definition) is 5. The highest BCUT2D eigenvalue weighted by Gasteiger charge is 2.24. The Morgan fingerprint density at radius 1 is 1.25 bits per heavy atom. The van der Waals surface area contributed by atoms with E-state index < -0.39 is 0 Å². The van der Waals surface area contributed by atoms with Crippen LogP contribution in [0.15, 0.2) is 25.1 Å². The van der Waals surface area contributed by atoms with Gasteiger partial charge in [0.1, 0.15) is 5.03 Å². The predicted molar refractivity (Wildman–Crippen MR) is 53.7 cm³/mol. The molecule has 1 N–H and O–H groups in total. The number of hydrogen-bond donors (Lipinski definition) is 1. The van der Waals surface area contributed by atoms with Crippen molar-refractivity contribution in [1.29, 1.82) is 0 Å². The molecule has 2 aliphatic rings. The molecule has 3 heterocycles. The molecule has 62 valence electrons. The summed E-state index contributed by atoms with van der Waals surface area (Å²) in [6.07, 6.45) is 0. The first kappa shape index (κ1) is 7.44. The molecule has 0 saturated heterocycles. The van der Waals surface area contributed by atoms with Gasteiger partial charge in [-0.1, -0.05) is 23.5 Å². The molecule has 2 nitrogen and oxygen atoms in total. The van der Waals surface area contributed by atoms with Crippen molar-refractivity contribution in [3.8, 4) is 0 Å². The van der Waals surface area contributed by atoms with Crippen LogP contribution in [0.4, 0.5) is 0 Å². The van der Waals surface area contributed by atoms with Crippen molar-refractivity contribution in [3.63, 3.8) is 0 Å². The molecule has 12 heavy (non-hydrogen) atoms. The summed E-state index contributed by atoms with van der Waals surface area (Å²) in [4.78, 5) is 4.30. The standard InChI is InChI=1S/C7H6N2S3/c1-4-5(2-8-1)12-7-6(11-4)3-10-9-7/h3,8H,1-2H2. The van der Waals surface area contributed by atoms with Crippen molar-refractivity contribution >= 4 is 35.1 Å². The van der Waals surface area contributed by atoms with Gasteiger partial charge >= 0.3 is 0 Å². The minimum absolute atomic E-state index is 1.03. The molecule has 2 aliphatic heterocycles. The van der Waals surface area contributed by atoms with Crippen LogP contribution < -0.4 is 5.32 Å². The van der Waals surface area contributed by atoms with Crippen LogP contribution in [-0.4, -0.2) is 17.5 Å². The first-order valence-electron chi connectivity index (χ1n) is 3.66. The molecular weight excluding hydrogens is 208 g/mol. The van der Waals surface area contributed by atoms with Gasteiger partial charge in [-0.15, -0.1) is 0 Å². The van der Waals surface area contributed by atoms with Gasteiger partial charge in [-0.2, -0.15) is 4.37 Å². The molecule has 5 heteroatoms. The molecule has 0 aromatic carbocycles. The van der Waals surface area contributed by atoms with Crippen LogP contribution in [0.5, 0.6) is 0 Å². The summed E-state index contributed by atoms with van der Waals surface area (Å²) in [6.45, 7) is 2.08. The number of nitrogens with zero attached hydrogens (tertiary/aromatic N) is 1. The average molecular weight is 214 g/mol. The van der Waals surface area contributed by atoms with Gasteiger partial charge in [0.05, 0.1) is 4.90 Å². The maximum absolute atomic E-state index is 4.34. The van der Waals surface area contributed by atoms with Crippen molar-refractivity contribution in [2.24, 2.45) is 0 Å². The molecule has 3 rings (SSSR count). The quantitative estimate of drug-likeness (QED) is 0.715. The molecule has 0 saturated carbocycles. The fraction of sp³-hybridized carbons (Fsp3) is 0.286. The summed E-state index contributed by atoms with van der Waals surface area (Å²) >= 11 is 5.26. The Labute approximate surface area is 83.0 Å². The Kier molecular flexibility index (Phi) is 1.71. The summed E-state index contributed by atoms with van der Waals surface area (Å²) in [6, 6.07) is 0. The molecule has 0 spiro atoms. The van der Waals surface area contributed by atoms with E-state index in [2.05, 4.69) is 15.1 Å². The van der Waals surface area contributed by atoms with Gasteiger partial charge in [0.2, 0.25) is 0 Å². The average Bonchev–Trinajstić information content (AvgIpc) is 2.64. The molecule has 0 amide bonds. The van der Waals surface area contributed by atoms with E-state index in [1.165, 1.54) is 19.7 Å². The molecule has 0 aliphatic carbocycles. The zero-order valence-corrected chi connectivity index (χ0v) is 8.61. The van der Waals surface area contributed by atoms with Gasteiger partial charge in [-0.3, -0.25) is 0 Å². The zero-order chi connectivity index (χ0) is 7.97. The lowest BCUT2D eigenvalue weighted by Gasteiger charge is -2.10. The molecule has 0 radical (unpaired) electrons. The molecule has 0 fully saturated rings. The highest BCUT2D eigenvalue weighted by Crippen LogP contribution is 2.47. The minimum atomic E-state index is 1.03. The summed E-state index contributed by atoms with van der Waals surface area (Å²) in [5, 5.41) is 6.68. The smallest absolute Gasteiger partial charge is 0.128 e. The van der Waals surface area contributed by atoms with E-state index in [0.717, 1.165) is 13.1 Å². The number of nitrogens with one attached hydrogen (secondary N) is 1. The van der Waals surface area contributed by atoms with E-state index in [0.29, 0.717) is 0 Å². The van der Waals surface area contributed by atoms with E-state index in [1.54, 1.807) is 11.5 Å². The second kappa shape index (κ2) is 2.77. The summed E-state index contributed by atoms with van der Waals surface area (Å²) in [5.41, 5.74) is 0. The van der Waals surface area contributed by atoms with Crippen LogP contribution in [0.25, 0.3) is 0 Å². The molecular formula is C7H6N2S3. The SMILES string of the molecule is c1snc2c1SC1=C(CNC1)S2. The Morgan fingerprint density at radius 2 is 2.08 bits per heavy atom. The van der Waals surface area contributed by atoms with E-state index >= 15 is 0 Å². The summed E-state index contributed by atoms with van der Waals surface area (Å²) < 4.78 is 4.34. The maximum atomic E-state index is 4.34. The normalized spacial score (nSPS) is 21.0. The van der Waals surface area contributed by atoms with E-state index in [9.17, 15) is 0 Å². The summed E-state index contributed by atoms with van der Waals surface area (Å²) in [7, 11) is 0. The lowest BCUT2D eigenvalue weighted by molar-refractivity contribution is 0.886. The highest BCUT2D eigenvalue weighted by atomic mass is 32.2. The van der Waals surface area contributed by atoms with Crippen LogP contribution >= 0.6 is 35.1 Å². The zero-order valence-electron chi connectivity index (χ0n) is 6.16. The largest absolute Gasteiger partial charge is 0.307 e. The van der Waals surface area contributed by atoms with Gasteiger partial charge in [0, 0.05) is 28.3 Å². The number of thioether (sulfide) groups is 2. The third kappa shape index (κ3) is 1.04. The predicted octanol–water partition coefficient (Wildman–Crippen LogP) is 2.16. The lowest BCUT2D eigenvalue weighted by Crippen LogP contribution is -2.07. The van der Waals surface area contributed by atoms with E-state index in [1.807, 2.05) is 23.5 Å². The molecule has 1 aromatic heterocycles. The van der Waals surface area contributed by atoms with Gasteiger partial charge < -0.3 is 5.32 Å². The fourth-order valence-electron chi connectivity index (χ4n) is 1.28. The number of rotatable bonds is 0. The van der Waals surface area contributed by atoms with Crippen LogP contribution in [0.2, 0.25) is 0 Å². The topological polar surface area (TPSA) is 24.9 Å². The first-order chi connectivity index (χ1) is 5.93. The van der Waals surface area contributed by atoms with Gasteiger partial charge in [0.15, 0.2) is 0 Å². The Balaban J connectivity index is 2.03. The van der Waals surface area contributed by atoms with Crippen molar-refractivity contribution in [3.05, 3.63) is 15.2 Å². The first-order valence-corrected chi connectivity index (χ1v) is 6.13. The Hall–Kier alpha value is 0.0300. The second-order valence-corrected chi connectivity index (χ2v) is 5.49. The van der Waals surface area contributed by atoms with Crippen molar-refractivity contribution in [1.82, 2.24) is 9.69 Å². The monoisotopic (exact) mass is 214 g/mol. The van der Waals surface area contributed by atoms with E-state index in [-0.39, 0.29) is 0 Å². The fourth-order valence-corrected chi connectivity index (χ4v) is 4.47. The van der Waals surface area contributed by atoms with Crippen LogP contribution in [0, 0.1) is 0 Å². The molecule has 1 aromatic rings. The van der Waals surface area contributed by atoms with Gasteiger partial charge in [-0.25, -0.2) is 0 Å². The number of aromatic nitrogens is 1. The van der Waals surface area contributed by atoms with E-state index in [4.69, 9.17) is 0 Å². The third-order valence-electron chi connectivity index (χ3n) is 1.84. The Bertz CT molecular complexity index is 325. The van der Waals surface area contributed by atoms with Crippen molar-refractivity contribution in [2.45, 2.75) is 9.92 Å². The van der Waals surface area contributed by atoms with Gasteiger partial charge in [0.25, 0.3) is 0 Å². The molecule has 0 atom stereocenters. The molecule has 0 unspecified atom stereocenters. The highest BCUT2D eigenvalue weighted by molar-refractivity contribution is 8.09. The number of fused-ring (bicyclic) bond motifs is 1. The van der Waals surface area contributed by atoms with Crippen molar-refractivity contribution < 1.29 is 0 Å².